The maximum atomic E-state index is 12.9. The SMILES string of the molecule is CC(C)CC(=O)N1c2ccc(CCC(=O)c3ccc(Cl)cc3)cc2CCC1(C)C. The van der Waals surface area contributed by atoms with E-state index in [1.165, 1.54) is 5.56 Å². The molecule has 0 bridgehead atoms. The lowest BCUT2D eigenvalue weighted by atomic mass is 9.85. The van der Waals surface area contributed by atoms with Gasteiger partial charge in [0.15, 0.2) is 5.78 Å². The zero-order valence-corrected chi connectivity index (χ0v) is 18.6. The number of Topliss-reactive ketones (excluding diaryl/α,β-unsaturated/α-hetero) is 1. The van der Waals surface area contributed by atoms with E-state index in [1.807, 2.05) is 4.90 Å². The van der Waals surface area contributed by atoms with Gasteiger partial charge in [-0.3, -0.25) is 9.59 Å². The van der Waals surface area contributed by atoms with Crippen molar-refractivity contribution >= 4 is 29.0 Å². The second kappa shape index (κ2) is 8.71. The van der Waals surface area contributed by atoms with Crippen molar-refractivity contribution in [3.8, 4) is 0 Å². The van der Waals surface area contributed by atoms with E-state index in [0.29, 0.717) is 35.8 Å². The summed E-state index contributed by atoms with van der Waals surface area (Å²) in [5, 5.41) is 0.635. The minimum absolute atomic E-state index is 0.120. The van der Waals surface area contributed by atoms with Crippen LogP contribution in [0.4, 0.5) is 5.69 Å². The number of rotatable bonds is 6. The Bertz CT molecular complexity index is 900. The molecule has 2 aromatic rings. The molecule has 0 spiro atoms. The van der Waals surface area contributed by atoms with Crippen LogP contribution in [0.15, 0.2) is 42.5 Å². The van der Waals surface area contributed by atoms with Crippen molar-refractivity contribution in [3.63, 3.8) is 0 Å². The Morgan fingerprint density at radius 3 is 2.45 bits per heavy atom. The van der Waals surface area contributed by atoms with Gasteiger partial charge in [-0.1, -0.05) is 37.6 Å². The van der Waals surface area contributed by atoms with Crippen molar-refractivity contribution in [2.24, 2.45) is 5.92 Å². The van der Waals surface area contributed by atoms with E-state index < -0.39 is 0 Å². The lowest BCUT2D eigenvalue weighted by Crippen LogP contribution is -2.51. The summed E-state index contributed by atoms with van der Waals surface area (Å²) in [6.07, 6.45) is 3.60. The topological polar surface area (TPSA) is 37.4 Å². The largest absolute Gasteiger partial charge is 0.307 e. The van der Waals surface area contributed by atoms with Crippen LogP contribution in [-0.4, -0.2) is 17.2 Å². The number of benzene rings is 2. The number of hydrogen-bond donors (Lipinski definition) is 0. The number of carbonyl (C=O) groups excluding carboxylic acids is 2. The maximum Gasteiger partial charge on any atom is 0.227 e. The summed E-state index contributed by atoms with van der Waals surface area (Å²) in [6, 6.07) is 13.4. The molecule has 0 saturated carbocycles. The maximum absolute atomic E-state index is 12.9. The molecule has 1 aliphatic heterocycles. The summed E-state index contributed by atoms with van der Waals surface area (Å²) in [5.41, 5.74) is 3.89. The molecule has 0 fully saturated rings. The van der Waals surface area contributed by atoms with E-state index in [0.717, 1.165) is 24.1 Å². The van der Waals surface area contributed by atoms with E-state index >= 15 is 0 Å². The van der Waals surface area contributed by atoms with Crippen LogP contribution in [-0.2, 0) is 17.6 Å². The van der Waals surface area contributed by atoms with Gasteiger partial charge in [0.2, 0.25) is 5.91 Å². The van der Waals surface area contributed by atoms with Gasteiger partial charge < -0.3 is 4.90 Å². The van der Waals surface area contributed by atoms with Gasteiger partial charge in [0.25, 0.3) is 0 Å². The Kier molecular flexibility index (Phi) is 6.48. The van der Waals surface area contributed by atoms with Crippen molar-refractivity contribution < 1.29 is 9.59 Å². The first-order valence-corrected chi connectivity index (χ1v) is 10.8. The minimum atomic E-state index is -0.176. The van der Waals surface area contributed by atoms with E-state index in [9.17, 15) is 9.59 Å². The molecule has 0 radical (unpaired) electrons. The van der Waals surface area contributed by atoms with Crippen LogP contribution < -0.4 is 4.90 Å². The zero-order chi connectivity index (χ0) is 21.2. The molecule has 0 atom stereocenters. The highest BCUT2D eigenvalue weighted by atomic mass is 35.5. The number of ketones is 1. The second-order valence-electron chi connectivity index (χ2n) is 9.03. The summed E-state index contributed by atoms with van der Waals surface area (Å²) in [7, 11) is 0. The van der Waals surface area contributed by atoms with Gasteiger partial charge in [-0.05, 0) is 80.5 Å². The lowest BCUT2D eigenvalue weighted by Gasteiger charge is -2.44. The molecule has 154 valence electrons. The third-order valence-electron chi connectivity index (χ3n) is 5.64. The summed E-state index contributed by atoms with van der Waals surface area (Å²) in [5.74, 6) is 0.646. The summed E-state index contributed by atoms with van der Waals surface area (Å²) >= 11 is 5.90. The molecular weight excluding hydrogens is 382 g/mol. The predicted molar refractivity (Wildman–Crippen MR) is 120 cm³/mol. The first-order chi connectivity index (χ1) is 13.7. The Balaban J connectivity index is 1.75. The number of carbonyl (C=O) groups is 2. The van der Waals surface area contributed by atoms with Gasteiger partial charge in [-0.15, -0.1) is 0 Å². The Morgan fingerprint density at radius 1 is 1.10 bits per heavy atom. The average Bonchev–Trinajstić information content (AvgIpc) is 2.65. The number of aryl methyl sites for hydroxylation is 2. The van der Waals surface area contributed by atoms with Crippen LogP contribution in [0.2, 0.25) is 5.02 Å². The fourth-order valence-electron chi connectivity index (χ4n) is 4.04. The van der Waals surface area contributed by atoms with E-state index in [4.69, 9.17) is 11.6 Å². The standard InChI is InChI=1S/C25H30ClNO2/c1-17(2)15-24(29)27-22-11-5-18(16-20(22)13-14-25(27,3)4)6-12-23(28)19-7-9-21(26)10-8-19/h5,7-11,16-17H,6,12-15H2,1-4H3. The number of halogens is 1. The lowest BCUT2D eigenvalue weighted by molar-refractivity contribution is -0.120. The van der Waals surface area contributed by atoms with Crippen LogP contribution in [0.25, 0.3) is 0 Å². The van der Waals surface area contributed by atoms with E-state index in [1.54, 1.807) is 24.3 Å². The van der Waals surface area contributed by atoms with Crippen molar-refractivity contribution in [2.75, 3.05) is 4.90 Å². The highest BCUT2D eigenvalue weighted by Gasteiger charge is 2.36. The number of hydrogen-bond acceptors (Lipinski definition) is 2. The summed E-state index contributed by atoms with van der Waals surface area (Å²) < 4.78 is 0. The molecule has 0 aliphatic carbocycles. The van der Waals surface area contributed by atoms with E-state index in [-0.39, 0.29) is 17.2 Å². The van der Waals surface area contributed by atoms with Crippen LogP contribution in [0.1, 0.15) is 68.4 Å². The van der Waals surface area contributed by atoms with Gasteiger partial charge in [-0.25, -0.2) is 0 Å². The Labute approximate surface area is 179 Å². The predicted octanol–water partition coefficient (Wildman–Crippen LogP) is 6.26. The van der Waals surface area contributed by atoms with Gasteiger partial charge in [-0.2, -0.15) is 0 Å². The van der Waals surface area contributed by atoms with Gasteiger partial charge >= 0.3 is 0 Å². The van der Waals surface area contributed by atoms with Crippen molar-refractivity contribution in [1.82, 2.24) is 0 Å². The third kappa shape index (κ3) is 5.08. The molecule has 0 aromatic heterocycles. The molecule has 29 heavy (non-hydrogen) atoms. The molecule has 3 rings (SSSR count). The Hall–Kier alpha value is -2.13. The average molecular weight is 412 g/mol. The molecule has 0 saturated heterocycles. The van der Waals surface area contributed by atoms with Crippen molar-refractivity contribution in [3.05, 3.63) is 64.2 Å². The number of anilines is 1. The second-order valence-corrected chi connectivity index (χ2v) is 9.47. The third-order valence-corrected chi connectivity index (χ3v) is 5.89. The van der Waals surface area contributed by atoms with Crippen molar-refractivity contribution in [2.45, 2.75) is 65.3 Å². The fraction of sp³-hybridized carbons (Fsp3) is 0.440. The summed E-state index contributed by atoms with van der Waals surface area (Å²) in [6.45, 7) is 8.45. The molecule has 1 amide bonds. The van der Waals surface area contributed by atoms with Gasteiger partial charge in [0, 0.05) is 34.7 Å². The van der Waals surface area contributed by atoms with Crippen LogP contribution in [0, 0.1) is 5.92 Å². The van der Waals surface area contributed by atoms with Crippen LogP contribution in [0.5, 0.6) is 0 Å². The zero-order valence-electron chi connectivity index (χ0n) is 17.8. The van der Waals surface area contributed by atoms with Gasteiger partial charge in [0.05, 0.1) is 0 Å². The number of nitrogens with zero attached hydrogens (tertiary/aromatic N) is 1. The minimum Gasteiger partial charge on any atom is -0.307 e. The monoisotopic (exact) mass is 411 g/mol. The molecule has 3 nitrogen and oxygen atoms in total. The molecule has 2 aromatic carbocycles. The molecule has 1 aliphatic rings. The van der Waals surface area contributed by atoms with E-state index in [2.05, 4.69) is 45.9 Å². The number of fused-ring (bicyclic) bond motifs is 1. The smallest absolute Gasteiger partial charge is 0.227 e. The normalized spacial score (nSPS) is 15.3. The molecule has 0 unspecified atom stereocenters. The molecule has 4 heteroatoms. The summed E-state index contributed by atoms with van der Waals surface area (Å²) in [4.78, 5) is 27.4. The quantitative estimate of drug-likeness (QED) is 0.526. The first-order valence-electron chi connectivity index (χ1n) is 10.4. The van der Waals surface area contributed by atoms with Crippen molar-refractivity contribution in [1.29, 1.82) is 0 Å². The first kappa shape index (κ1) is 21.6. The fourth-order valence-corrected chi connectivity index (χ4v) is 4.17. The molecule has 0 N–H and O–H groups in total. The van der Waals surface area contributed by atoms with Crippen LogP contribution in [0.3, 0.4) is 0 Å². The highest BCUT2D eigenvalue weighted by molar-refractivity contribution is 6.30. The van der Waals surface area contributed by atoms with Crippen LogP contribution >= 0.6 is 11.6 Å². The Morgan fingerprint density at radius 2 is 1.79 bits per heavy atom. The number of amides is 1. The molecule has 1 heterocycles. The highest BCUT2D eigenvalue weighted by Crippen LogP contribution is 2.38. The molecular formula is C25H30ClNO2. The van der Waals surface area contributed by atoms with Gasteiger partial charge in [0.1, 0.15) is 0 Å².